The number of carbonyl (C=O) groups excluding carboxylic acids is 2. The molecule has 0 spiro atoms. The smallest absolute Gasteiger partial charge is 0.462 e. The van der Waals surface area contributed by atoms with Crippen LogP contribution in [-0.4, -0.2) is 43.3 Å². The van der Waals surface area contributed by atoms with E-state index in [4.69, 9.17) is 14.0 Å². The maximum Gasteiger partial charge on any atom is 0.472 e. The third-order valence-electron chi connectivity index (χ3n) is 11.2. The molecular formula is C50H95O8P. The van der Waals surface area contributed by atoms with E-state index in [9.17, 15) is 19.0 Å². The lowest BCUT2D eigenvalue weighted by Crippen LogP contribution is -2.29. The molecule has 2 atom stereocenters. The molecule has 0 heterocycles. The zero-order valence-corrected chi connectivity index (χ0v) is 39.8. The minimum atomic E-state index is -4.27. The van der Waals surface area contributed by atoms with E-state index in [0.717, 1.165) is 58.5 Å². The average molecular weight is 855 g/mol. The van der Waals surface area contributed by atoms with Crippen LogP contribution in [0.2, 0.25) is 0 Å². The summed E-state index contributed by atoms with van der Waals surface area (Å²) < 4.78 is 32.1. The highest BCUT2D eigenvalue weighted by atomic mass is 31.2. The lowest BCUT2D eigenvalue weighted by molar-refractivity contribution is -0.161. The first-order valence-corrected chi connectivity index (χ1v) is 26.5. The number of hydrogen-bond acceptors (Lipinski definition) is 7. The van der Waals surface area contributed by atoms with Crippen molar-refractivity contribution in [3.05, 3.63) is 24.3 Å². The minimum absolute atomic E-state index is 0.224. The van der Waals surface area contributed by atoms with Crippen LogP contribution in [0.25, 0.3) is 0 Å². The van der Waals surface area contributed by atoms with Crippen molar-refractivity contribution in [2.75, 3.05) is 20.3 Å². The van der Waals surface area contributed by atoms with Gasteiger partial charge in [0.1, 0.15) is 6.61 Å². The normalized spacial score (nSPS) is 13.4. The Morgan fingerprint density at radius 1 is 0.475 bits per heavy atom. The Morgan fingerprint density at radius 2 is 0.814 bits per heavy atom. The Bertz CT molecular complexity index is 1010. The zero-order chi connectivity index (χ0) is 43.2. The predicted molar refractivity (Wildman–Crippen MR) is 249 cm³/mol. The molecule has 0 rings (SSSR count). The van der Waals surface area contributed by atoms with E-state index in [1.165, 1.54) is 173 Å². The first-order valence-electron chi connectivity index (χ1n) is 25.0. The van der Waals surface area contributed by atoms with Gasteiger partial charge >= 0.3 is 19.8 Å². The molecule has 9 heteroatoms. The third kappa shape index (κ3) is 45.9. The highest BCUT2D eigenvalue weighted by Crippen LogP contribution is 2.42. The van der Waals surface area contributed by atoms with Gasteiger partial charge in [-0.15, -0.1) is 0 Å². The summed E-state index contributed by atoms with van der Waals surface area (Å²) in [5.74, 6) is -0.799. The van der Waals surface area contributed by atoms with Crippen LogP contribution < -0.4 is 0 Å². The second-order valence-electron chi connectivity index (χ2n) is 17.0. The summed E-state index contributed by atoms with van der Waals surface area (Å²) in [6.07, 6.45) is 53.8. The summed E-state index contributed by atoms with van der Waals surface area (Å²) in [6.45, 7) is 3.91. The fourth-order valence-corrected chi connectivity index (χ4v) is 7.80. The SMILES string of the molecule is CCCCCC/C=C\C/C=C\CCCCCCCCCC(=O)OC(COC(=O)CCCCCCCCCCCCCCCCCCCCCCCC)COP(=O)(O)OC. The largest absolute Gasteiger partial charge is 0.472 e. The third-order valence-corrected chi connectivity index (χ3v) is 12.1. The van der Waals surface area contributed by atoms with E-state index in [1.54, 1.807) is 0 Å². The quantitative estimate of drug-likeness (QED) is 0.0279. The van der Waals surface area contributed by atoms with Crippen molar-refractivity contribution in [2.45, 2.75) is 264 Å². The summed E-state index contributed by atoms with van der Waals surface area (Å²) in [7, 11) is -3.20. The molecule has 0 aliphatic rings. The van der Waals surface area contributed by atoms with E-state index >= 15 is 0 Å². The monoisotopic (exact) mass is 855 g/mol. The van der Waals surface area contributed by atoms with Gasteiger partial charge in [-0.1, -0.05) is 224 Å². The van der Waals surface area contributed by atoms with Crippen molar-refractivity contribution >= 4 is 19.8 Å². The predicted octanol–water partition coefficient (Wildman–Crippen LogP) is 16.2. The van der Waals surface area contributed by atoms with Crippen molar-refractivity contribution < 1.29 is 37.6 Å². The molecule has 348 valence electrons. The average Bonchev–Trinajstić information content (AvgIpc) is 3.23. The lowest BCUT2D eigenvalue weighted by Gasteiger charge is -2.19. The number of unbranched alkanes of at least 4 members (excludes halogenated alkanes) is 32. The van der Waals surface area contributed by atoms with Crippen molar-refractivity contribution in [1.82, 2.24) is 0 Å². The molecular weight excluding hydrogens is 760 g/mol. The van der Waals surface area contributed by atoms with Gasteiger partial charge < -0.3 is 14.4 Å². The Kier molecular flexibility index (Phi) is 44.9. The number of phosphoric ester groups is 1. The van der Waals surface area contributed by atoms with Crippen LogP contribution in [0.1, 0.15) is 258 Å². The van der Waals surface area contributed by atoms with Crippen LogP contribution >= 0.6 is 7.82 Å². The van der Waals surface area contributed by atoms with Gasteiger partial charge in [-0.25, -0.2) is 4.57 Å². The molecule has 0 aliphatic carbocycles. The number of carbonyl (C=O) groups is 2. The number of allylic oxidation sites excluding steroid dienone is 4. The molecule has 0 aromatic rings. The van der Waals surface area contributed by atoms with Crippen molar-refractivity contribution in [3.63, 3.8) is 0 Å². The van der Waals surface area contributed by atoms with Gasteiger partial charge in [-0.05, 0) is 44.9 Å². The summed E-state index contributed by atoms with van der Waals surface area (Å²) in [6, 6.07) is 0. The van der Waals surface area contributed by atoms with Crippen LogP contribution in [0.15, 0.2) is 24.3 Å². The number of esters is 2. The molecule has 59 heavy (non-hydrogen) atoms. The maximum atomic E-state index is 12.6. The van der Waals surface area contributed by atoms with Crippen molar-refractivity contribution in [3.8, 4) is 0 Å². The topological polar surface area (TPSA) is 108 Å². The Morgan fingerprint density at radius 3 is 1.20 bits per heavy atom. The molecule has 0 aromatic heterocycles. The maximum absolute atomic E-state index is 12.6. The van der Waals surface area contributed by atoms with Gasteiger partial charge in [0, 0.05) is 20.0 Å². The second-order valence-corrected chi connectivity index (χ2v) is 18.5. The molecule has 0 fully saturated rings. The van der Waals surface area contributed by atoms with Crippen LogP contribution in [0.5, 0.6) is 0 Å². The standard InChI is InChI=1S/C50H95O8P/c1-4-6-8-10-12-14-16-18-20-22-24-25-26-27-29-30-32-34-36-38-40-42-44-49(51)56-46-48(47-57-59(53,54)55-3)58-50(52)45-43-41-39-37-35-33-31-28-23-21-19-17-15-13-11-9-7-5-2/h15,17,21,23,48H,4-14,16,18-20,22,24-47H2,1-3H3,(H,53,54)/b17-15-,23-21-. The minimum Gasteiger partial charge on any atom is -0.462 e. The Balaban J connectivity index is 3.88. The fraction of sp³-hybridized carbons (Fsp3) is 0.880. The number of rotatable bonds is 47. The van der Waals surface area contributed by atoms with Crippen LogP contribution in [0, 0.1) is 0 Å². The summed E-state index contributed by atoms with van der Waals surface area (Å²) in [5.41, 5.74) is 0. The van der Waals surface area contributed by atoms with Gasteiger partial charge in [0.05, 0.1) is 6.61 Å². The van der Waals surface area contributed by atoms with E-state index in [1.807, 2.05) is 0 Å². The van der Waals surface area contributed by atoms with Gasteiger partial charge in [-0.2, -0.15) is 0 Å². The molecule has 0 amide bonds. The van der Waals surface area contributed by atoms with E-state index in [2.05, 4.69) is 42.7 Å². The number of hydrogen-bond donors (Lipinski definition) is 1. The summed E-state index contributed by atoms with van der Waals surface area (Å²) in [4.78, 5) is 34.6. The molecule has 1 N–H and O–H groups in total. The van der Waals surface area contributed by atoms with Gasteiger partial charge in [-0.3, -0.25) is 18.6 Å². The van der Waals surface area contributed by atoms with Crippen molar-refractivity contribution in [1.29, 1.82) is 0 Å². The zero-order valence-electron chi connectivity index (χ0n) is 38.9. The van der Waals surface area contributed by atoms with Gasteiger partial charge in [0.25, 0.3) is 0 Å². The number of ether oxygens (including phenoxy) is 2. The first kappa shape index (κ1) is 57.5. The summed E-state index contributed by atoms with van der Waals surface area (Å²) in [5, 5.41) is 0. The first-order chi connectivity index (χ1) is 28.8. The Labute approximate surface area is 364 Å². The molecule has 0 bridgehead atoms. The van der Waals surface area contributed by atoms with E-state index in [0.29, 0.717) is 12.8 Å². The van der Waals surface area contributed by atoms with E-state index in [-0.39, 0.29) is 19.0 Å². The molecule has 0 radical (unpaired) electrons. The molecule has 2 unspecified atom stereocenters. The second kappa shape index (κ2) is 46.0. The van der Waals surface area contributed by atoms with Crippen LogP contribution in [0.4, 0.5) is 0 Å². The summed E-state index contributed by atoms with van der Waals surface area (Å²) >= 11 is 0. The highest BCUT2D eigenvalue weighted by Gasteiger charge is 2.24. The van der Waals surface area contributed by atoms with Crippen LogP contribution in [0.3, 0.4) is 0 Å². The fourth-order valence-electron chi connectivity index (χ4n) is 7.34. The molecule has 0 aromatic carbocycles. The molecule has 0 saturated carbocycles. The molecule has 8 nitrogen and oxygen atoms in total. The lowest BCUT2D eigenvalue weighted by atomic mass is 10.0. The Hall–Kier alpha value is -1.47. The molecule has 0 aliphatic heterocycles. The number of phosphoric acid groups is 1. The van der Waals surface area contributed by atoms with Gasteiger partial charge in [0.2, 0.25) is 0 Å². The van der Waals surface area contributed by atoms with Gasteiger partial charge in [0.15, 0.2) is 6.10 Å². The van der Waals surface area contributed by atoms with Crippen LogP contribution in [-0.2, 0) is 32.7 Å². The van der Waals surface area contributed by atoms with Crippen molar-refractivity contribution in [2.24, 2.45) is 0 Å². The highest BCUT2D eigenvalue weighted by molar-refractivity contribution is 7.47. The molecule has 0 saturated heterocycles. The van der Waals surface area contributed by atoms with E-state index < -0.39 is 26.5 Å².